The van der Waals surface area contributed by atoms with E-state index >= 15 is 0 Å². The Kier molecular flexibility index (Phi) is 6.60. The van der Waals surface area contributed by atoms with Crippen molar-refractivity contribution in [2.24, 2.45) is 5.73 Å². The number of hydrogen-bond donors (Lipinski definition) is 3. The molecule has 22 heavy (non-hydrogen) atoms. The van der Waals surface area contributed by atoms with E-state index in [0.29, 0.717) is 5.56 Å². The van der Waals surface area contributed by atoms with Gasteiger partial charge in [0.1, 0.15) is 6.04 Å². The van der Waals surface area contributed by atoms with Gasteiger partial charge in [0.2, 0.25) is 0 Å². The first-order valence-corrected chi connectivity index (χ1v) is 6.17. The highest BCUT2D eigenvalue weighted by molar-refractivity contribution is 5.25. The van der Waals surface area contributed by atoms with E-state index in [9.17, 15) is 26.3 Å². The van der Waals surface area contributed by atoms with E-state index in [-0.39, 0.29) is 18.7 Å². The summed E-state index contributed by atoms with van der Waals surface area (Å²) in [6, 6.07) is 3.35. The molecular formula is C12H15F6N3O. The van der Waals surface area contributed by atoms with E-state index in [1.165, 1.54) is 24.3 Å². The fourth-order valence-corrected chi connectivity index (χ4v) is 1.50. The lowest BCUT2D eigenvalue weighted by Crippen LogP contribution is -2.35. The first-order chi connectivity index (χ1) is 10.1. The fraction of sp³-hybridized carbons (Fsp3) is 0.500. The Morgan fingerprint density at radius 3 is 2.09 bits per heavy atom. The van der Waals surface area contributed by atoms with Crippen LogP contribution in [-0.4, -0.2) is 25.7 Å². The molecule has 0 aromatic heterocycles. The number of rotatable bonds is 7. The summed E-state index contributed by atoms with van der Waals surface area (Å²) < 4.78 is 75.7. The van der Waals surface area contributed by atoms with Crippen molar-refractivity contribution < 1.29 is 31.1 Å². The lowest BCUT2D eigenvalue weighted by molar-refractivity contribution is -0.323. The van der Waals surface area contributed by atoms with Crippen LogP contribution in [0.4, 0.5) is 26.3 Å². The fourth-order valence-electron chi connectivity index (χ4n) is 1.50. The summed E-state index contributed by atoms with van der Waals surface area (Å²) in [5.41, 5.74) is 10.7. The Labute approximate surface area is 122 Å². The molecule has 1 aromatic rings. The zero-order valence-electron chi connectivity index (χ0n) is 11.3. The van der Waals surface area contributed by atoms with E-state index in [4.69, 9.17) is 5.73 Å². The molecule has 1 unspecified atom stereocenters. The van der Waals surface area contributed by atoms with Gasteiger partial charge < -0.3 is 5.73 Å². The highest BCUT2D eigenvalue weighted by Gasteiger charge is 2.37. The molecule has 1 rings (SSSR count). The second-order valence-electron chi connectivity index (χ2n) is 4.34. The average molecular weight is 331 g/mol. The topological polar surface area (TPSA) is 59.3 Å². The Balaban J connectivity index is 2.31. The van der Waals surface area contributed by atoms with Gasteiger partial charge in [0.25, 0.3) is 0 Å². The van der Waals surface area contributed by atoms with Gasteiger partial charge in [0.15, 0.2) is 0 Å². The normalized spacial score (nSPS) is 14.1. The number of ether oxygens (including phenoxy) is 1. The first-order valence-electron chi connectivity index (χ1n) is 6.17. The third-order valence-electron chi connectivity index (χ3n) is 2.60. The predicted molar refractivity (Wildman–Crippen MR) is 66.3 cm³/mol. The molecule has 0 saturated heterocycles. The minimum absolute atomic E-state index is 0.0669. The number of nitrogens with one attached hydrogen (secondary N) is 2. The van der Waals surface area contributed by atoms with Crippen molar-refractivity contribution in [1.82, 2.24) is 10.9 Å². The average Bonchev–Trinajstić information content (AvgIpc) is 2.40. The zero-order chi connectivity index (χ0) is 16.8. The molecule has 126 valence electrons. The van der Waals surface area contributed by atoms with E-state index in [1.54, 1.807) is 0 Å². The summed E-state index contributed by atoms with van der Waals surface area (Å²) in [7, 11) is 0. The summed E-state index contributed by atoms with van der Waals surface area (Å²) in [5.74, 6) is 0. The standard InChI is InChI=1S/C12H15F6N3O/c13-11(14,15)10(19)9-3-1-8(2-4-9)7-21-20-5-6-22-12(16,17)18/h1-4,10,20-21H,5-7,19H2. The van der Waals surface area contributed by atoms with Crippen molar-refractivity contribution in [3.8, 4) is 0 Å². The summed E-state index contributed by atoms with van der Waals surface area (Å²) in [6.07, 6.45) is -9.19. The largest absolute Gasteiger partial charge is 0.522 e. The maximum absolute atomic E-state index is 12.4. The Hall–Kier alpha value is -1.36. The summed E-state index contributed by atoms with van der Waals surface area (Å²) in [5, 5.41) is 0. The molecule has 0 aliphatic heterocycles. The molecule has 0 heterocycles. The molecule has 4 N–H and O–H groups in total. The monoisotopic (exact) mass is 331 g/mol. The lowest BCUT2D eigenvalue weighted by Gasteiger charge is -2.16. The Bertz CT molecular complexity index is 446. The van der Waals surface area contributed by atoms with Gasteiger partial charge in [-0.3, -0.25) is 15.6 Å². The van der Waals surface area contributed by atoms with Crippen LogP contribution in [0.15, 0.2) is 24.3 Å². The highest BCUT2D eigenvalue weighted by Crippen LogP contribution is 2.30. The number of hydrogen-bond acceptors (Lipinski definition) is 4. The van der Waals surface area contributed by atoms with Crippen LogP contribution in [0.2, 0.25) is 0 Å². The molecule has 0 radical (unpaired) electrons. The van der Waals surface area contributed by atoms with Crippen molar-refractivity contribution in [2.75, 3.05) is 13.2 Å². The number of hydrazine groups is 1. The smallest absolute Gasteiger partial charge is 0.316 e. The van der Waals surface area contributed by atoms with Gasteiger partial charge in [-0.15, -0.1) is 13.2 Å². The molecule has 0 aliphatic rings. The molecule has 0 amide bonds. The van der Waals surface area contributed by atoms with Gasteiger partial charge in [-0.05, 0) is 11.1 Å². The molecular weight excluding hydrogens is 316 g/mol. The van der Waals surface area contributed by atoms with E-state index in [1.807, 2.05) is 0 Å². The molecule has 0 spiro atoms. The van der Waals surface area contributed by atoms with Crippen LogP contribution in [0.5, 0.6) is 0 Å². The number of nitrogens with two attached hydrogens (primary N) is 1. The van der Waals surface area contributed by atoms with Gasteiger partial charge >= 0.3 is 12.5 Å². The van der Waals surface area contributed by atoms with E-state index in [0.717, 1.165) is 0 Å². The van der Waals surface area contributed by atoms with Crippen molar-refractivity contribution in [3.63, 3.8) is 0 Å². The van der Waals surface area contributed by atoms with Crippen molar-refractivity contribution in [1.29, 1.82) is 0 Å². The Morgan fingerprint density at radius 1 is 1.00 bits per heavy atom. The van der Waals surface area contributed by atoms with Crippen LogP contribution in [0.25, 0.3) is 0 Å². The van der Waals surface area contributed by atoms with Crippen molar-refractivity contribution >= 4 is 0 Å². The van der Waals surface area contributed by atoms with Crippen LogP contribution in [-0.2, 0) is 11.3 Å². The van der Waals surface area contributed by atoms with Crippen LogP contribution in [0.3, 0.4) is 0 Å². The summed E-state index contributed by atoms with van der Waals surface area (Å²) >= 11 is 0. The zero-order valence-corrected chi connectivity index (χ0v) is 11.3. The van der Waals surface area contributed by atoms with Crippen LogP contribution in [0.1, 0.15) is 17.2 Å². The molecule has 0 fully saturated rings. The molecule has 0 saturated carbocycles. The first kappa shape index (κ1) is 18.7. The van der Waals surface area contributed by atoms with E-state index in [2.05, 4.69) is 15.6 Å². The van der Waals surface area contributed by atoms with Gasteiger partial charge in [-0.2, -0.15) is 13.2 Å². The van der Waals surface area contributed by atoms with Crippen LogP contribution >= 0.6 is 0 Å². The third kappa shape index (κ3) is 7.07. The minimum atomic E-state index is -4.67. The molecule has 1 atom stereocenters. The minimum Gasteiger partial charge on any atom is -0.316 e. The van der Waals surface area contributed by atoms with Gasteiger partial charge in [-0.1, -0.05) is 24.3 Å². The maximum Gasteiger partial charge on any atom is 0.522 e. The molecule has 1 aromatic carbocycles. The lowest BCUT2D eigenvalue weighted by atomic mass is 10.1. The van der Waals surface area contributed by atoms with Crippen LogP contribution in [0, 0.1) is 0 Å². The number of halogens is 6. The van der Waals surface area contributed by atoms with Gasteiger partial charge in [0, 0.05) is 13.1 Å². The molecule has 10 heteroatoms. The third-order valence-corrected chi connectivity index (χ3v) is 2.60. The van der Waals surface area contributed by atoms with Crippen molar-refractivity contribution in [2.45, 2.75) is 25.1 Å². The Morgan fingerprint density at radius 2 is 1.59 bits per heavy atom. The molecule has 0 aliphatic carbocycles. The molecule has 4 nitrogen and oxygen atoms in total. The second kappa shape index (κ2) is 7.77. The highest BCUT2D eigenvalue weighted by atomic mass is 19.4. The predicted octanol–water partition coefficient (Wildman–Crippen LogP) is 2.38. The SMILES string of the molecule is NC(c1ccc(CNNCCOC(F)(F)F)cc1)C(F)(F)F. The quantitative estimate of drug-likeness (QED) is 0.408. The van der Waals surface area contributed by atoms with E-state index < -0.39 is 25.2 Å². The van der Waals surface area contributed by atoms with Gasteiger partial charge in [-0.25, -0.2) is 0 Å². The summed E-state index contributed by atoms with van der Waals surface area (Å²) in [6.45, 7) is -0.431. The van der Waals surface area contributed by atoms with Crippen LogP contribution < -0.4 is 16.6 Å². The van der Waals surface area contributed by atoms with Crippen molar-refractivity contribution in [3.05, 3.63) is 35.4 Å². The number of benzene rings is 1. The van der Waals surface area contributed by atoms with Gasteiger partial charge in [0.05, 0.1) is 6.61 Å². The second-order valence-corrected chi connectivity index (χ2v) is 4.34. The summed E-state index contributed by atoms with van der Waals surface area (Å²) in [4.78, 5) is 0. The number of alkyl halides is 6. The maximum atomic E-state index is 12.4. The molecule has 0 bridgehead atoms.